The Balaban J connectivity index is 1.40. The maximum absolute atomic E-state index is 12.4. The van der Waals surface area contributed by atoms with Crippen LogP contribution in [0.2, 0.25) is 0 Å². The third-order valence-corrected chi connectivity index (χ3v) is 5.96. The Morgan fingerprint density at radius 2 is 1.83 bits per heavy atom. The first-order valence-corrected chi connectivity index (χ1v) is 11.8. The van der Waals surface area contributed by atoms with E-state index >= 15 is 0 Å². The van der Waals surface area contributed by atoms with Crippen LogP contribution in [0.25, 0.3) is 11.0 Å². The van der Waals surface area contributed by atoms with Crippen LogP contribution in [-0.4, -0.2) is 40.5 Å². The summed E-state index contributed by atoms with van der Waals surface area (Å²) in [7, 11) is 1.48. The van der Waals surface area contributed by atoms with Crippen molar-refractivity contribution in [2.24, 2.45) is 5.10 Å². The number of rotatable bonds is 9. The van der Waals surface area contributed by atoms with Crippen molar-refractivity contribution in [1.82, 2.24) is 15.0 Å². The second kappa shape index (κ2) is 11.3. The molecule has 1 heterocycles. The van der Waals surface area contributed by atoms with Crippen LogP contribution >= 0.6 is 11.8 Å². The summed E-state index contributed by atoms with van der Waals surface area (Å²) >= 11 is 1.36. The highest BCUT2D eigenvalue weighted by molar-refractivity contribution is 7.99. The third-order valence-electron chi connectivity index (χ3n) is 4.98. The lowest BCUT2D eigenvalue weighted by atomic mass is 10.2. The number of hydrogen-bond donors (Lipinski definition) is 1. The average Bonchev–Trinajstić information content (AvgIpc) is 3.21. The van der Waals surface area contributed by atoms with Gasteiger partial charge < -0.3 is 14.0 Å². The minimum atomic E-state index is -0.438. The Hall–Kier alpha value is -4.11. The smallest absolute Gasteiger partial charge is 0.308 e. The van der Waals surface area contributed by atoms with Crippen molar-refractivity contribution >= 4 is 40.9 Å². The second-order valence-electron chi connectivity index (χ2n) is 7.54. The zero-order chi connectivity index (χ0) is 24.6. The SMILES string of the molecule is COc1cc(/C=N/NC(=O)CSc2nc3ccccc3n2Cc2ccccc2)ccc1OC(C)=O. The molecular weight excluding hydrogens is 464 g/mol. The van der Waals surface area contributed by atoms with E-state index in [0.29, 0.717) is 23.6 Å². The van der Waals surface area contributed by atoms with Crippen molar-refractivity contribution in [2.45, 2.75) is 18.6 Å². The number of aromatic nitrogens is 2. The van der Waals surface area contributed by atoms with E-state index in [1.165, 1.54) is 32.0 Å². The minimum Gasteiger partial charge on any atom is -0.493 e. The van der Waals surface area contributed by atoms with Gasteiger partial charge in [0.05, 0.1) is 36.7 Å². The van der Waals surface area contributed by atoms with Gasteiger partial charge in [0.25, 0.3) is 5.91 Å². The first-order valence-electron chi connectivity index (χ1n) is 10.8. The monoisotopic (exact) mass is 488 g/mol. The highest BCUT2D eigenvalue weighted by Gasteiger charge is 2.13. The Morgan fingerprint density at radius 1 is 1.06 bits per heavy atom. The van der Waals surface area contributed by atoms with Gasteiger partial charge in [0.2, 0.25) is 0 Å². The van der Waals surface area contributed by atoms with Crippen molar-refractivity contribution in [2.75, 3.05) is 12.9 Å². The lowest BCUT2D eigenvalue weighted by Crippen LogP contribution is -2.20. The largest absolute Gasteiger partial charge is 0.493 e. The standard InChI is InChI=1S/C26H24N4O4S/c1-18(31)34-23-13-12-20(14-24(23)33-2)15-27-29-25(32)17-35-26-28-21-10-6-7-11-22(21)30(26)16-19-8-4-3-5-9-19/h3-15H,16-17H2,1-2H3,(H,29,32)/b27-15+. The summed E-state index contributed by atoms with van der Waals surface area (Å²) in [5.74, 6) is 0.170. The van der Waals surface area contributed by atoms with Crippen molar-refractivity contribution in [3.63, 3.8) is 0 Å². The molecule has 0 atom stereocenters. The molecular formula is C26H24N4O4S. The topological polar surface area (TPSA) is 94.8 Å². The summed E-state index contributed by atoms with van der Waals surface area (Å²) in [6, 6.07) is 23.0. The van der Waals surface area contributed by atoms with Crippen LogP contribution in [0.4, 0.5) is 0 Å². The first kappa shape index (κ1) is 24.0. The fraction of sp³-hybridized carbons (Fsp3) is 0.154. The Kier molecular flexibility index (Phi) is 7.79. The number of fused-ring (bicyclic) bond motifs is 1. The van der Waals surface area contributed by atoms with Gasteiger partial charge in [0.15, 0.2) is 16.7 Å². The van der Waals surface area contributed by atoms with Gasteiger partial charge >= 0.3 is 5.97 Å². The van der Waals surface area contributed by atoms with Gasteiger partial charge in [-0.15, -0.1) is 0 Å². The van der Waals surface area contributed by atoms with Gasteiger partial charge in [-0.3, -0.25) is 9.59 Å². The maximum Gasteiger partial charge on any atom is 0.308 e. The molecule has 9 heteroatoms. The van der Waals surface area contributed by atoms with E-state index in [4.69, 9.17) is 14.5 Å². The highest BCUT2D eigenvalue weighted by Crippen LogP contribution is 2.28. The van der Waals surface area contributed by atoms with Crippen molar-refractivity contribution in [3.8, 4) is 11.5 Å². The number of hydrogen-bond acceptors (Lipinski definition) is 7. The molecule has 4 rings (SSSR count). The van der Waals surface area contributed by atoms with Gasteiger partial charge in [-0.25, -0.2) is 10.4 Å². The van der Waals surface area contributed by atoms with Gasteiger partial charge in [-0.05, 0) is 41.5 Å². The first-order chi connectivity index (χ1) is 17.0. The second-order valence-corrected chi connectivity index (χ2v) is 8.48. The van der Waals surface area contributed by atoms with Crippen LogP contribution in [0, 0.1) is 0 Å². The zero-order valence-corrected chi connectivity index (χ0v) is 20.1. The van der Waals surface area contributed by atoms with Gasteiger partial charge in [0.1, 0.15) is 0 Å². The number of thioether (sulfide) groups is 1. The molecule has 0 saturated carbocycles. The van der Waals surface area contributed by atoms with Crippen LogP contribution in [0.5, 0.6) is 11.5 Å². The molecule has 1 amide bonds. The Labute approximate surface area is 207 Å². The van der Waals surface area contributed by atoms with E-state index in [2.05, 4.69) is 27.2 Å². The summed E-state index contributed by atoms with van der Waals surface area (Å²) in [5, 5.41) is 4.79. The predicted molar refractivity (Wildman–Crippen MR) is 136 cm³/mol. The van der Waals surface area contributed by atoms with E-state index in [-0.39, 0.29) is 11.7 Å². The predicted octanol–water partition coefficient (Wildman–Crippen LogP) is 4.26. The third kappa shape index (κ3) is 6.27. The number of hydrazone groups is 1. The average molecular weight is 489 g/mol. The molecule has 0 unspecified atom stereocenters. The van der Waals surface area contributed by atoms with Crippen LogP contribution in [0.15, 0.2) is 83.1 Å². The number of nitrogens with zero attached hydrogens (tertiary/aromatic N) is 3. The molecule has 178 valence electrons. The molecule has 0 spiro atoms. The number of carbonyl (C=O) groups is 2. The molecule has 8 nitrogen and oxygen atoms in total. The van der Waals surface area contributed by atoms with Gasteiger partial charge in [0, 0.05) is 6.92 Å². The molecule has 0 aliphatic heterocycles. The molecule has 0 aliphatic rings. The zero-order valence-electron chi connectivity index (χ0n) is 19.3. The summed E-state index contributed by atoms with van der Waals surface area (Å²) in [4.78, 5) is 28.3. The lowest BCUT2D eigenvalue weighted by molar-refractivity contribution is -0.132. The molecule has 1 aromatic heterocycles. The molecule has 4 aromatic rings. The molecule has 3 aromatic carbocycles. The van der Waals surface area contributed by atoms with Crippen LogP contribution < -0.4 is 14.9 Å². The highest BCUT2D eigenvalue weighted by atomic mass is 32.2. The van der Waals surface area contributed by atoms with E-state index in [9.17, 15) is 9.59 Å². The number of amides is 1. The number of methoxy groups -OCH3 is 1. The van der Waals surface area contributed by atoms with E-state index in [1.54, 1.807) is 18.2 Å². The van der Waals surface area contributed by atoms with E-state index in [0.717, 1.165) is 21.8 Å². The number of ether oxygens (including phenoxy) is 2. The van der Waals surface area contributed by atoms with Crippen molar-refractivity contribution < 1.29 is 19.1 Å². The molecule has 1 N–H and O–H groups in total. The van der Waals surface area contributed by atoms with Gasteiger partial charge in [-0.2, -0.15) is 5.10 Å². The van der Waals surface area contributed by atoms with E-state index < -0.39 is 5.97 Å². The molecule has 0 radical (unpaired) electrons. The Bertz CT molecular complexity index is 1370. The van der Waals surface area contributed by atoms with Crippen LogP contribution in [0.3, 0.4) is 0 Å². The summed E-state index contributed by atoms with van der Waals surface area (Å²) in [6.45, 7) is 1.98. The molecule has 0 bridgehead atoms. The summed E-state index contributed by atoms with van der Waals surface area (Å²) < 4.78 is 12.4. The quantitative estimate of drug-likeness (QED) is 0.124. The normalized spacial score (nSPS) is 11.0. The van der Waals surface area contributed by atoms with Gasteiger partial charge in [-0.1, -0.05) is 54.2 Å². The maximum atomic E-state index is 12.4. The minimum absolute atomic E-state index is 0.157. The fourth-order valence-electron chi connectivity index (χ4n) is 3.43. The number of carbonyl (C=O) groups excluding carboxylic acids is 2. The summed E-state index contributed by atoms with van der Waals surface area (Å²) in [5.41, 5.74) is 6.27. The molecule has 0 aliphatic carbocycles. The molecule has 35 heavy (non-hydrogen) atoms. The van der Waals surface area contributed by atoms with Crippen molar-refractivity contribution in [3.05, 3.63) is 83.9 Å². The van der Waals surface area contributed by atoms with E-state index in [1.807, 2.05) is 42.5 Å². The van der Waals surface area contributed by atoms with Crippen molar-refractivity contribution in [1.29, 1.82) is 0 Å². The number of imidazole rings is 1. The van der Waals surface area contributed by atoms with Crippen LogP contribution in [-0.2, 0) is 16.1 Å². The Morgan fingerprint density at radius 3 is 2.60 bits per heavy atom. The molecule has 0 saturated heterocycles. The fourth-order valence-corrected chi connectivity index (χ4v) is 4.23. The summed E-state index contributed by atoms with van der Waals surface area (Å²) in [6.07, 6.45) is 1.49. The number of esters is 1. The van der Waals surface area contributed by atoms with Crippen LogP contribution in [0.1, 0.15) is 18.1 Å². The number of benzene rings is 3. The lowest BCUT2D eigenvalue weighted by Gasteiger charge is -2.09. The number of para-hydroxylation sites is 2. The molecule has 0 fully saturated rings. The number of nitrogens with one attached hydrogen (secondary N) is 1.